The molecule has 1 fully saturated rings. The monoisotopic (exact) mass is 380 g/mol. The number of benzene rings is 2. The molecule has 140 valence electrons. The number of carbonyl (C=O) groups excluding carboxylic acids is 1. The number of fused-ring (bicyclic) bond motifs is 1. The first-order valence-corrected chi connectivity index (χ1v) is 10.2. The molecule has 1 aliphatic heterocycles. The van der Waals surface area contributed by atoms with Gasteiger partial charge in [0.15, 0.2) is 5.13 Å². The topological polar surface area (TPSA) is 48.5 Å². The number of hydrogen-bond donors (Lipinski definition) is 1. The molecule has 0 bridgehead atoms. The molecule has 1 atom stereocenters. The van der Waals surface area contributed by atoms with Crippen molar-refractivity contribution >= 4 is 33.1 Å². The van der Waals surface area contributed by atoms with E-state index in [-0.39, 0.29) is 11.9 Å². The standard InChI is InChI=1S/C21H24N4OS/c1-16(18-7-6-17-4-2-3-5-19(17)14-18)23-20(26)15-24-9-11-25(12-10-24)21-22-8-13-27-21/h2-8,13-14,16H,9-12,15H2,1H3,(H,23,26). The summed E-state index contributed by atoms with van der Waals surface area (Å²) in [4.78, 5) is 21.4. The molecule has 1 aromatic heterocycles. The predicted molar refractivity (Wildman–Crippen MR) is 111 cm³/mol. The van der Waals surface area contributed by atoms with Gasteiger partial charge in [0.25, 0.3) is 0 Å². The first-order chi connectivity index (χ1) is 13.2. The van der Waals surface area contributed by atoms with Gasteiger partial charge in [0.05, 0.1) is 12.6 Å². The van der Waals surface area contributed by atoms with Gasteiger partial charge in [0, 0.05) is 37.8 Å². The number of carbonyl (C=O) groups is 1. The molecule has 1 amide bonds. The Bertz CT molecular complexity index is 903. The summed E-state index contributed by atoms with van der Waals surface area (Å²) in [6.07, 6.45) is 1.84. The van der Waals surface area contributed by atoms with Crippen LogP contribution < -0.4 is 10.2 Å². The van der Waals surface area contributed by atoms with Crippen LogP contribution in [0.1, 0.15) is 18.5 Å². The van der Waals surface area contributed by atoms with Crippen LogP contribution in [-0.2, 0) is 4.79 Å². The molecule has 1 unspecified atom stereocenters. The third kappa shape index (κ3) is 4.28. The number of thiazole rings is 1. The van der Waals surface area contributed by atoms with Crippen molar-refractivity contribution in [2.45, 2.75) is 13.0 Å². The lowest BCUT2D eigenvalue weighted by Gasteiger charge is -2.34. The number of hydrogen-bond acceptors (Lipinski definition) is 5. The molecular formula is C21H24N4OS. The van der Waals surface area contributed by atoms with Crippen molar-refractivity contribution in [3.05, 3.63) is 59.6 Å². The van der Waals surface area contributed by atoms with Crippen molar-refractivity contribution in [3.63, 3.8) is 0 Å². The van der Waals surface area contributed by atoms with Crippen molar-refractivity contribution < 1.29 is 4.79 Å². The van der Waals surface area contributed by atoms with Crippen LogP contribution in [0.25, 0.3) is 10.8 Å². The number of amides is 1. The second-order valence-electron chi connectivity index (χ2n) is 6.97. The molecule has 2 heterocycles. The van der Waals surface area contributed by atoms with Crippen molar-refractivity contribution in [1.82, 2.24) is 15.2 Å². The number of piperazine rings is 1. The highest BCUT2D eigenvalue weighted by Gasteiger charge is 2.21. The molecule has 0 aliphatic carbocycles. The van der Waals surface area contributed by atoms with Gasteiger partial charge in [-0.05, 0) is 29.3 Å². The molecule has 1 saturated heterocycles. The molecule has 3 aromatic rings. The summed E-state index contributed by atoms with van der Waals surface area (Å²) in [7, 11) is 0. The minimum absolute atomic E-state index is 0.00119. The number of anilines is 1. The first kappa shape index (κ1) is 17.9. The molecule has 0 radical (unpaired) electrons. The lowest BCUT2D eigenvalue weighted by atomic mass is 10.0. The number of nitrogens with one attached hydrogen (secondary N) is 1. The van der Waals surface area contributed by atoms with Crippen molar-refractivity contribution in [1.29, 1.82) is 0 Å². The van der Waals surface area contributed by atoms with E-state index >= 15 is 0 Å². The van der Waals surface area contributed by atoms with Crippen LogP contribution >= 0.6 is 11.3 Å². The average Bonchev–Trinajstić information content (AvgIpc) is 3.23. The minimum atomic E-state index is -0.00119. The Kier molecular flexibility index (Phi) is 5.36. The van der Waals surface area contributed by atoms with Gasteiger partial charge >= 0.3 is 0 Å². The molecule has 2 aromatic carbocycles. The third-order valence-electron chi connectivity index (χ3n) is 5.08. The average molecular weight is 381 g/mol. The van der Waals surface area contributed by atoms with Crippen molar-refractivity contribution in [3.8, 4) is 0 Å². The Balaban J connectivity index is 1.30. The summed E-state index contributed by atoms with van der Waals surface area (Å²) in [5.74, 6) is 0.0818. The van der Waals surface area contributed by atoms with E-state index in [1.807, 2.05) is 30.6 Å². The van der Waals surface area contributed by atoms with E-state index in [1.54, 1.807) is 11.3 Å². The molecule has 4 rings (SSSR count). The normalized spacial score (nSPS) is 16.4. The van der Waals surface area contributed by atoms with E-state index in [1.165, 1.54) is 10.8 Å². The summed E-state index contributed by atoms with van der Waals surface area (Å²) in [6, 6.07) is 14.7. The molecule has 5 nitrogen and oxygen atoms in total. The third-order valence-corrected chi connectivity index (χ3v) is 5.91. The fourth-order valence-corrected chi connectivity index (χ4v) is 4.22. The van der Waals surface area contributed by atoms with E-state index in [2.05, 4.69) is 50.4 Å². The SMILES string of the molecule is CC(NC(=O)CN1CCN(c2nccs2)CC1)c1ccc2ccccc2c1. The van der Waals surface area contributed by atoms with Crippen LogP contribution in [0.3, 0.4) is 0 Å². The zero-order valence-corrected chi connectivity index (χ0v) is 16.3. The van der Waals surface area contributed by atoms with E-state index in [9.17, 15) is 4.79 Å². The Hall–Kier alpha value is -2.44. The summed E-state index contributed by atoms with van der Waals surface area (Å²) in [6.45, 7) is 6.10. The fourth-order valence-electron chi connectivity index (χ4n) is 3.52. The zero-order chi connectivity index (χ0) is 18.6. The van der Waals surface area contributed by atoms with E-state index < -0.39 is 0 Å². The van der Waals surface area contributed by atoms with Gasteiger partial charge < -0.3 is 10.2 Å². The van der Waals surface area contributed by atoms with Gasteiger partial charge in [-0.1, -0.05) is 36.4 Å². The second kappa shape index (κ2) is 8.06. The maximum Gasteiger partial charge on any atom is 0.234 e. The number of nitrogens with zero attached hydrogens (tertiary/aromatic N) is 3. The first-order valence-electron chi connectivity index (χ1n) is 9.34. The summed E-state index contributed by atoms with van der Waals surface area (Å²) in [5, 5.41) is 8.64. The Morgan fingerprint density at radius 2 is 1.93 bits per heavy atom. The van der Waals surface area contributed by atoms with Crippen molar-refractivity contribution in [2.24, 2.45) is 0 Å². The molecule has 6 heteroatoms. The Morgan fingerprint density at radius 1 is 1.15 bits per heavy atom. The summed E-state index contributed by atoms with van der Waals surface area (Å²) >= 11 is 1.67. The number of rotatable bonds is 5. The van der Waals surface area contributed by atoms with E-state index in [4.69, 9.17) is 0 Å². The molecule has 0 spiro atoms. The smallest absolute Gasteiger partial charge is 0.234 e. The Morgan fingerprint density at radius 3 is 2.67 bits per heavy atom. The Labute approximate surface area is 163 Å². The predicted octanol–water partition coefficient (Wildman–Crippen LogP) is 3.30. The largest absolute Gasteiger partial charge is 0.348 e. The lowest BCUT2D eigenvalue weighted by molar-refractivity contribution is -0.123. The van der Waals surface area contributed by atoms with Gasteiger partial charge in [-0.2, -0.15) is 0 Å². The maximum atomic E-state index is 12.5. The fraction of sp³-hybridized carbons (Fsp3) is 0.333. The summed E-state index contributed by atoms with van der Waals surface area (Å²) < 4.78 is 0. The molecule has 1 aliphatic rings. The van der Waals surface area contributed by atoms with Gasteiger partial charge in [0.2, 0.25) is 5.91 Å². The van der Waals surface area contributed by atoms with Crippen LogP contribution in [0.2, 0.25) is 0 Å². The summed E-state index contributed by atoms with van der Waals surface area (Å²) in [5.41, 5.74) is 1.13. The van der Waals surface area contributed by atoms with E-state index in [0.717, 1.165) is 36.9 Å². The molecule has 0 saturated carbocycles. The highest BCUT2D eigenvalue weighted by Crippen LogP contribution is 2.21. The lowest BCUT2D eigenvalue weighted by Crippen LogP contribution is -2.49. The van der Waals surface area contributed by atoms with Gasteiger partial charge in [-0.15, -0.1) is 11.3 Å². The minimum Gasteiger partial charge on any atom is -0.348 e. The molecule has 1 N–H and O–H groups in total. The zero-order valence-electron chi connectivity index (χ0n) is 15.5. The quantitative estimate of drug-likeness (QED) is 0.738. The number of aromatic nitrogens is 1. The maximum absolute atomic E-state index is 12.5. The van der Waals surface area contributed by atoms with Crippen LogP contribution in [-0.4, -0.2) is 48.5 Å². The van der Waals surface area contributed by atoms with Crippen LogP contribution in [0.5, 0.6) is 0 Å². The van der Waals surface area contributed by atoms with Crippen LogP contribution in [0.15, 0.2) is 54.0 Å². The highest BCUT2D eigenvalue weighted by atomic mass is 32.1. The van der Waals surface area contributed by atoms with E-state index in [0.29, 0.717) is 6.54 Å². The van der Waals surface area contributed by atoms with Gasteiger partial charge in [-0.25, -0.2) is 4.98 Å². The van der Waals surface area contributed by atoms with Crippen LogP contribution in [0.4, 0.5) is 5.13 Å². The van der Waals surface area contributed by atoms with Crippen LogP contribution in [0, 0.1) is 0 Å². The second-order valence-corrected chi connectivity index (χ2v) is 7.85. The van der Waals surface area contributed by atoms with Gasteiger partial charge in [-0.3, -0.25) is 9.69 Å². The molecular weight excluding hydrogens is 356 g/mol. The highest BCUT2D eigenvalue weighted by molar-refractivity contribution is 7.13. The van der Waals surface area contributed by atoms with Gasteiger partial charge in [0.1, 0.15) is 0 Å². The van der Waals surface area contributed by atoms with Crippen molar-refractivity contribution in [2.75, 3.05) is 37.6 Å². The molecule has 27 heavy (non-hydrogen) atoms.